The summed E-state index contributed by atoms with van der Waals surface area (Å²) < 4.78 is 5.06. The summed E-state index contributed by atoms with van der Waals surface area (Å²) in [6.45, 7) is 9.46. The molecular weight excluding hydrogens is 238 g/mol. The lowest BCUT2D eigenvalue weighted by molar-refractivity contribution is -0.143. The van der Waals surface area contributed by atoms with Crippen LogP contribution in [0.4, 0.5) is 0 Å². The molecule has 3 heteroatoms. The van der Waals surface area contributed by atoms with E-state index in [-0.39, 0.29) is 12.0 Å². The first kappa shape index (κ1) is 15.7. The number of benzene rings is 1. The fourth-order valence-corrected chi connectivity index (χ4v) is 2.22. The third kappa shape index (κ3) is 5.43. The van der Waals surface area contributed by atoms with Crippen molar-refractivity contribution in [1.29, 1.82) is 0 Å². The predicted octanol–water partition coefficient (Wildman–Crippen LogP) is 3.30. The molecule has 0 aliphatic rings. The Morgan fingerprint density at radius 3 is 2.37 bits per heavy atom. The second kappa shape index (κ2) is 7.95. The monoisotopic (exact) mass is 263 g/mol. The maximum Gasteiger partial charge on any atom is 0.307 e. The molecule has 0 spiro atoms. The number of rotatable bonds is 7. The van der Waals surface area contributed by atoms with Gasteiger partial charge in [0.1, 0.15) is 0 Å². The summed E-state index contributed by atoms with van der Waals surface area (Å²) in [5.41, 5.74) is 3.61. The molecule has 0 fully saturated rings. The summed E-state index contributed by atoms with van der Waals surface area (Å²) in [5.74, 6) is -0.143. The van der Waals surface area contributed by atoms with E-state index >= 15 is 0 Å². The van der Waals surface area contributed by atoms with Crippen LogP contribution in [-0.4, -0.2) is 19.1 Å². The van der Waals surface area contributed by atoms with Gasteiger partial charge in [0.2, 0.25) is 0 Å². The van der Waals surface area contributed by atoms with E-state index in [1.807, 2.05) is 6.92 Å². The van der Waals surface area contributed by atoms with Crippen LogP contribution in [-0.2, 0) is 9.53 Å². The summed E-state index contributed by atoms with van der Waals surface area (Å²) in [4.78, 5) is 11.7. The number of hydrogen-bond donors (Lipinski definition) is 1. The van der Waals surface area contributed by atoms with E-state index in [1.165, 1.54) is 16.7 Å². The third-order valence-corrected chi connectivity index (χ3v) is 2.96. The molecule has 0 heterocycles. The van der Waals surface area contributed by atoms with Crippen molar-refractivity contribution in [3.8, 4) is 0 Å². The van der Waals surface area contributed by atoms with E-state index in [0.29, 0.717) is 13.0 Å². The minimum absolute atomic E-state index is 0.0394. The van der Waals surface area contributed by atoms with Gasteiger partial charge in [-0.3, -0.25) is 4.79 Å². The zero-order chi connectivity index (χ0) is 14.3. The molecule has 1 unspecified atom stereocenters. The zero-order valence-corrected chi connectivity index (χ0v) is 12.5. The highest BCUT2D eigenvalue weighted by Gasteiger charge is 2.16. The van der Waals surface area contributed by atoms with Gasteiger partial charge in [0.25, 0.3) is 0 Å². The normalized spacial score (nSPS) is 12.2. The molecule has 0 bridgehead atoms. The molecule has 3 nitrogen and oxygen atoms in total. The number of hydrogen-bond acceptors (Lipinski definition) is 3. The second-order valence-corrected chi connectivity index (χ2v) is 4.94. The average molecular weight is 263 g/mol. The number of ether oxygens (including phenoxy) is 1. The van der Waals surface area contributed by atoms with Crippen LogP contribution in [0.5, 0.6) is 0 Å². The highest BCUT2D eigenvalue weighted by Crippen LogP contribution is 2.20. The summed E-state index contributed by atoms with van der Waals surface area (Å²) in [7, 11) is 0. The highest BCUT2D eigenvalue weighted by molar-refractivity contribution is 5.70. The summed E-state index contributed by atoms with van der Waals surface area (Å²) in [6.07, 6.45) is 1.43. The average Bonchev–Trinajstić information content (AvgIpc) is 2.33. The fraction of sp³-hybridized carbons (Fsp3) is 0.562. The van der Waals surface area contributed by atoms with Crippen molar-refractivity contribution in [2.24, 2.45) is 0 Å². The molecule has 0 radical (unpaired) electrons. The molecule has 0 aliphatic carbocycles. The van der Waals surface area contributed by atoms with Crippen molar-refractivity contribution >= 4 is 5.97 Å². The van der Waals surface area contributed by atoms with Crippen LogP contribution in [0.1, 0.15) is 49.4 Å². The van der Waals surface area contributed by atoms with Crippen LogP contribution in [0.15, 0.2) is 18.2 Å². The van der Waals surface area contributed by atoms with E-state index in [4.69, 9.17) is 4.74 Å². The van der Waals surface area contributed by atoms with Gasteiger partial charge in [-0.1, -0.05) is 36.2 Å². The van der Waals surface area contributed by atoms with Crippen molar-refractivity contribution in [2.45, 2.75) is 46.6 Å². The molecular formula is C16H25NO2. The van der Waals surface area contributed by atoms with Crippen molar-refractivity contribution in [3.05, 3.63) is 34.9 Å². The lowest BCUT2D eigenvalue weighted by atomic mass is 9.99. The van der Waals surface area contributed by atoms with Crippen molar-refractivity contribution in [3.63, 3.8) is 0 Å². The van der Waals surface area contributed by atoms with E-state index in [0.717, 1.165) is 13.0 Å². The van der Waals surface area contributed by atoms with Gasteiger partial charge in [0.15, 0.2) is 0 Å². The lowest BCUT2D eigenvalue weighted by Crippen LogP contribution is -2.25. The second-order valence-electron chi connectivity index (χ2n) is 4.94. The zero-order valence-electron chi connectivity index (χ0n) is 12.5. The van der Waals surface area contributed by atoms with E-state index in [2.05, 4.69) is 44.3 Å². The van der Waals surface area contributed by atoms with Crippen molar-refractivity contribution in [1.82, 2.24) is 5.32 Å². The molecule has 1 N–H and O–H groups in total. The quantitative estimate of drug-likeness (QED) is 0.767. The van der Waals surface area contributed by atoms with Gasteiger partial charge in [-0.25, -0.2) is 0 Å². The largest absolute Gasteiger partial charge is 0.466 e. The van der Waals surface area contributed by atoms with Crippen LogP contribution in [0.2, 0.25) is 0 Å². The maximum atomic E-state index is 11.7. The first-order chi connectivity index (χ1) is 9.06. The summed E-state index contributed by atoms with van der Waals surface area (Å²) in [6, 6.07) is 6.46. The molecule has 0 saturated heterocycles. The Morgan fingerprint density at radius 2 is 1.84 bits per heavy atom. The topological polar surface area (TPSA) is 38.3 Å². The number of aryl methyl sites for hydroxylation is 2. The Kier molecular flexibility index (Phi) is 6.57. The van der Waals surface area contributed by atoms with Gasteiger partial charge in [0.05, 0.1) is 13.0 Å². The third-order valence-electron chi connectivity index (χ3n) is 2.96. The van der Waals surface area contributed by atoms with E-state index in [9.17, 15) is 4.79 Å². The van der Waals surface area contributed by atoms with Gasteiger partial charge in [-0.15, -0.1) is 0 Å². The highest BCUT2D eigenvalue weighted by atomic mass is 16.5. The van der Waals surface area contributed by atoms with E-state index in [1.54, 1.807) is 0 Å². The standard InChI is InChI=1S/C16H25NO2/c1-5-7-17-15(11-16(18)19-6-2)14-9-12(3)8-13(4)10-14/h8-10,15,17H,5-7,11H2,1-4H3. The first-order valence-electron chi connectivity index (χ1n) is 7.04. The predicted molar refractivity (Wildman–Crippen MR) is 78.2 cm³/mol. The molecule has 0 saturated carbocycles. The molecule has 1 rings (SSSR count). The van der Waals surface area contributed by atoms with E-state index < -0.39 is 0 Å². The molecule has 1 aromatic carbocycles. The number of carbonyl (C=O) groups excluding carboxylic acids is 1. The molecule has 1 aromatic rings. The fourth-order valence-electron chi connectivity index (χ4n) is 2.22. The molecule has 106 valence electrons. The van der Waals surface area contributed by atoms with Gasteiger partial charge in [-0.05, 0) is 39.3 Å². The van der Waals surface area contributed by atoms with Gasteiger partial charge in [0, 0.05) is 6.04 Å². The number of nitrogens with one attached hydrogen (secondary N) is 1. The Hall–Kier alpha value is -1.35. The number of carbonyl (C=O) groups is 1. The SMILES string of the molecule is CCCNC(CC(=O)OCC)c1cc(C)cc(C)c1. The smallest absolute Gasteiger partial charge is 0.307 e. The maximum absolute atomic E-state index is 11.7. The molecule has 1 atom stereocenters. The Labute approximate surface area is 116 Å². The molecule has 0 amide bonds. The van der Waals surface area contributed by atoms with Crippen molar-refractivity contribution in [2.75, 3.05) is 13.2 Å². The lowest BCUT2D eigenvalue weighted by Gasteiger charge is -2.19. The van der Waals surface area contributed by atoms with Crippen LogP contribution in [0, 0.1) is 13.8 Å². The van der Waals surface area contributed by atoms with Gasteiger partial charge >= 0.3 is 5.97 Å². The minimum atomic E-state index is -0.143. The molecule has 0 aromatic heterocycles. The van der Waals surface area contributed by atoms with Gasteiger partial charge in [-0.2, -0.15) is 0 Å². The number of esters is 1. The molecule has 19 heavy (non-hydrogen) atoms. The van der Waals surface area contributed by atoms with Crippen LogP contribution in [0.3, 0.4) is 0 Å². The summed E-state index contributed by atoms with van der Waals surface area (Å²) >= 11 is 0. The Bertz CT molecular complexity index is 395. The van der Waals surface area contributed by atoms with Crippen LogP contribution >= 0.6 is 0 Å². The minimum Gasteiger partial charge on any atom is -0.466 e. The van der Waals surface area contributed by atoms with Crippen LogP contribution in [0.25, 0.3) is 0 Å². The Morgan fingerprint density at radius 1 is 1.21 bits per heavy atom. The van der Waals surface area contributed by atoms with Crippen LogP contribution < -0.4 is 5.32 Å². The first-order valence-corrected chi connectivity index (χ1v) is 7.04. The van der Waals surface area contributed by atoms with Gasteiger partial charge < -0.3 is 10.1 Å². The Balaban J connectivity index is 2.85. The van der Waals surface area contributed by atoms with Crippen molar-refractivity contribution < 1.29 is 9.53 Å². The molecule has 0 aliphatic heterocycles. The summed E-state index contributed by atoms with van der Waals surface area (Å²) in [5, 5.41) is 3.43.